The Morgan fingerprint density at radius 2 is 2.18 bits per heavy atom. The van der Waals surface area contributed by atoms with Crippen LogP contribution in [0.2, 0.25) is 0 Å². The van der Waals surface area contributed by atoms with E-state index in [2.05, 4.69) is 17.1 Å². The molecule has 2 aliphatic rings. The van der Waals surface area contributed by atoms with Crippen LogP contribution in [0, 0.1) is 5.92 Å². The summed E-state index contributed by atoms with van der Waals surface area (Å²) in [6.07, 6.45) is 6.78. The van der Waals surface area contributed by atoms with E-state index < -0.39 is 0 Å². The Balaban J connectivity index is 0.00000144. The van der Waals surface area contributed by atoms with E-state index in [0.717, 1.165) is 32.5 Å². The first-order valence-electron chi connectivity index (χ1n) is 6.77. The minimum atomic E-state index is 0. The van der Waals surface area contributed by atoms with Gasteiger partial charge in [0, 0.05) is 25.6 Å². The van der Waals surface area contributed by atoms with Crippen molar-refractivity contribution in [1.82, 2.24) is 10.2 Å². The van der Waals surface area contributed by atoms with Crippen LogP contribution in [0.15, 0.2) is 0 Å². The molecule has 0 aromatic heterocycles. The largest absolute Gasteiger partial charge is 0.342 e. The quantitative estimate of drug-likeness (QED) is 0.844. The van der Waals surface area contributed by atoms with E-state index >= 15 is 0 Å². The third-order valence-corrected chi connectivity index (χ3v) is 3.88. The molecule has 3 nitrogen and oxygen atoms in total. The molecule has 0 aliphatic carbocycles. The molecule has 1 amide bonds. The molecule has 17 heavy (non-hydrogen) atoms. The number of nitrogens with zero attached hydrogens (tertiary/aromatic N) is 1. The SMILES string of the molecule is CC1CCCN(C(=O)CCC2CCCN2)C1.Cl. The maximum absolute atomic E-state index is 12.0. The van der Waals surface area contributed by atoms with Crippen molar-refractivity contribution >= 4 is 18.3 Å². The topological polar surface area (TPSA) is 32.3 Å². The Morgan fingerprint density at radius 1 is 1.35 bits per heavy atom. The lowest BCUT2D eigenvalue weighted by Gasteiger charge is -2.31. The van der Waals surface area contributed by atoms with Crippen molar-refractivity contribution in [3.05, 3.63) is 0 Å². The van der Waals surface area contributed by atoms with Crippen molar-refractivity contribution in [3.63, 3.8) is 0 Å². The molecular weight excluding hydrogens is 236 g/mol. The monoisotopic (exact) mass is 260 g/mol. The van der Waals surface area contributed by atoms with Crippen LogP contribution in [0.1, 0.15) is 45.4 Å². The van der Waals surface area contributed by atoms with Crippen LogP contribution in [-0.4, -0.2) is 36.5 Å². The van der Waals surface area contributed by atoms with Crippen LogP contribution >= 0.6 is 12.4 Å². The Kier molecular flexibility index (Phi) is 6.28. The average molecular weight is 261 g/mol. The fraction of sp³-hybridized carbons (Fsp3) is 0.923. The minimum absolute atomic E-state index is 0. The molecule has 0 radical (unpaired) electrons. The van der Waals surface area contributed by atoms with E-state index in [9.17, 15) is 4.79 Å². The van der Waals surface area contributed by atoms with Crippen molar-refractivity contribution in [2.75, 3.05) is 19.6 Å². The summed E-state index contributed by atoms with van der Waals surface area (Å²) in [5.74, 6) is 1.07. The number of halogens is 1. The van der Waals surface area contributed by atoms with Crippen LogP contribution < -0.4 is 5.32 Å². The van der Waals surface area contributed by atoms with Gasteiger partial charge in [0.25, 0.3) is 0 Å². The highest BCUT2D eigenvalue weighted by molar-refractivity contribution is 5.85. The van der Waals surface area contributed by atoms with Gasteiger partial charge in [0.1, 0.15) is 0 Å². The predicted molar refractivity (Wildman–Crippen MR) is 72.5 cm³/mol. The molecule has 2 fully saturated rings. The summed E-state index contributed by atoms with van der Waals surface area (Å²) >= 11 is 0. The third-order valence-electron chi connectivity index (χ3n) is 3.88. The number of hydrogen-bond donors (Lipinski definition) is 1. The molecule has 1 N–H and O–H groups in total. The molecule has 0 bridgehead atoms. The fourth-order valence-corrected chi connectivity index (χ4v) is 2.87. The minimum Gasteiger partial charge on any atom is -0.342 e. The van der Waals surface area contributed by atoms with Crippen LogP contribution in [0.4, 0.5) is 0 Å². The average Bonchev–Trinajstić information content (AvgIpc) is 2.78. The third kappa shape index (κ3) is 4.47. The number of carbonyl (C=O) groups is 1. The number of hydrogen-bond acceptors (Lipinski definition) is 2. The lowest BCUT2D eigenvalue weighted by Crippen LogP contribution is -2.39. The van der Waals surface area contributed by atoms with Gasteiger partial charge in [0.15, 0.2) is 0 Å². The highest BCUT2D eigenvalue weighted by Crippen LogP contribution is 2.18. The molecule has 2 unspecified atom stereocenters. The van der Waals surface area contributed by atoms with Crippen LogP contribution in [0.25, 0.3) is 0 Å². The molecular formula is C13H25ClN2O. The van der Waals surface area contributed by atoms with Gasteiger partial charge in [-0.2, -0.15) is 0 Å². The molecule has 100 valence electrons. The highest BCUT2D eigenvalue weighted by Gasteiger charge is 2.22. The second-order valence-electron chi connectivity index (χ2n) is 5.42. The van der Waals surface area contributed by atoms with Gasteiger partial charge < -0.3 is 10.2 Å². The number of piperidine rings is 1. The van der Waals surface area contributed by atoms with Gasteiger partial charge in [0.05, 0.1) is 0 Å². The number of amides is 1. The number of carbonyl (C=O) groups excluding carboxylic acids is 1. The molecule has 2 atom stereocenters. The van der Waals surface area contributed by atoms with E-state index in [4.69, 9.17) is 0 Å². The molecule has 2 saturated heterocycles. The Morgan fingerprint density at radius 3 is 2.82 bits per heavy atom. The van der Waals surface area contributed by atoms with Gasteiger partial charge in [-0.1, -0.05) is 6.92 Å². The summed E-state index contributed by atoms with van der Waals surface area (Å²) in [4.78, 5) is 14.1. The van der Waals surface area contributed by atoms with Crippen molar-refractivity contribution in [3.8, 4) is 0 Å². The predicted octanol–water partition coefficient (Wildman–Crippen LogP) is 2.20. The lowest BCUT2D eigenvalue weighted by atomic mass is 9.99. The fourth-order valence-electron chi connectivity index (χ4n) is 2.87. The molecule has 2 heterocycles. The molecule has 0 aromatic rings. The zero-order chi connectivity index (χ0) is 11.4. The number of rotatable bonds is 3. The molecule has 2 aliphatic heterocycles. The zero-order valence-electron chi connectivity index (χ0n) is 10.8. The van der Waals surface area contributed by atoms with E-state index in [1.165, 1.54) is 25.7 Å². The molecule has 2 rings (SSSR count). The van der Waals surface area contributed by atoms with Crippen molar-refractivity contribution in [1.29, 1.82) is 0 Å². The van der Waals surface area contributed by atoms with Crippen LogP contribution in [-0.2, 0) is 4.79 Å². The van der Waals surface area contributed by atoms with E-state index in [1.54, 1.807) is 0 Å². The summed E-state index contributed by atoms with van der Waals surface area (Å²) in [6.45, 7) is 5.36. The summed E-state index contributed by atoms with van der Waals surface area (Å²) < 4.78 is 0. The lowest BCUT2D eigenvalue weighted by molar-refractivity contribution is -0.133. The van der Waals surface area contributed by atoms with Crippen LogP contribution in [0.5, 0.6) is 0 Å². The standard InChI is InChI=1S/C13H24N2O.ClH/c1-11-4-3-9-15(10-11)13(16)7-6-12-5-2-8-14-12;/h11-12,14H,2-10H2,1H3;1H. The van der Waals surface area contributed by atoms with Crippen molar-refractivity contribution < 1.29 is 4.79 Å². The van der Waals surface area contributed by atoms with Gasteiger partial charge in [-0.3, -0.25) is 4.79 Å². The van der Waals surface area contributed by atoms with Crippen molar-refractivity contribution in [2.45, 2.75) is 51.5 Å². The normalized spacial score (nSPS) is 28.9. The maximum Gasteiger partial charge on any atom is 0.222 e. The van der Waals surface area contributed by atoms with Gasteiger partial charge in [-0.15, -0.1) is 12.4 Å². The Hall–Kier alpha value is -0.280. The number of nitrogens with one attached hydrogen (secondary N) is 1. The van der Waals surface area contributed by atoms with Gasteiger partial charge >= 0.3 is 0 Å². The summed E-state index contributed by atoms with van der Waals surface area (Å²) in [7, 11) is 0. The summed E-state index contributed by atoms with van der Waals surface area (Å²) in [5, 5.41) is 3.45. The number of likely N-dealkylation sites (tertiary alicyclic amines) is 1. The Bertz CT molecular complexity index is 242. The van der Waals surface area contributed by atoms with Crippen LogP contribution in [0.3, 0.4) is 0 Å². The molecule has 0 saturated carbocycles. The summed E-state index contributed by atoms with van der Waals surface area (Å²) in [6, 6.07) is 0.603. The maximum atomic E-state index is 12.0. The summed E-state index contributed by atoms with van der Waals surface area (Å²) in [5.41, 5.74) is 0. The first-order chi connectivity index (χ1) is 7.75. The van der Waals surface area contributed by atoms with E-state index in [0.29, 0.717) is 17.9 Å². The van der Waals surface area contributed by atoms with E-state index in [1.807, 2.05) is 0 Å². The second-order valence-corrected chi connectivity index (χ2v) is 5.42. The first kappa shape index (κ1) is 14.8. The molecule has 4 heteroatoms. The van der Waals surface area contributed by atoms with Crippen molar-refractivity contribution in [2.24, 2.45) is 5.92 Å². The molecule has 0 aromatic carbocycles. The van der Waals surface area contributed by atoms with Gasteiger partial charge in [-0.05, 0) is 44.6 Å². The van der Waals surface area contributed by atoms with E-state index in [-0.39, 0.29) is 12.4 Å². The second kappa shape index (κ2) is 7.22. The zero-order valence-corrected chi connectivity index (χ0v) is 11.6. The smallest absolute Gasteiger partial charge is 0.222 e. The van der Waals surface area contributed by atoms with Gasteiger partial charge in [0.2, 0.25) is 5.91 Å². The van der Waals surface area contributed by atoms with Gasteiger partial charge in [-0.25, -0.2) is 0 Å². The highest BCUT2D eigenvalue weighted by atomic mass is 35.5. The Labute approximate surface area is 111 Å². The first-order valence-corrected chi connectivity index (χ1v) is 6.77. The molecule has 0 spiro atoms.